The van der Waals surface area contributed by atoms with E-state index in [2.05, 4.69) is 13.8 Å². The quantitative estimate of drug-likeness (QED) is 0.122. The summed E-state index contributed by atoms with van der Waals surface area (Å²) >= 11 is 0. The van der Waals surface area contributed by atoms with Gasteiger partial charge in [-0.2, -0.15) is 0 Å². The summed E-state index contributed by atoms with van der Waals surface area (Å²) in [6, 6.07) is 0. The summed E-state index contributed by atoms with van der Waals surface area (Å²) in [5, 5.41) is 0. The second-order valence-electron chi connectivity index (χ2n) is 8.93. The summed E-state index contributed by atoms with van der Waals surface area (Å²) < 4.78 is 18.2. The van der Waals surface area contributed by atoms with Gasteiger partial charge in [0, 0.05) is 12.8 Å². The molecule has 0 spiro atoms. The summed E-state index contributed by atoms with van der Waals surface area (Å²) in [5.41, 5.74) is 0. The van der Waals surface area contributed by atoms with Crippen LogP contribution in [0.1, 0.15) is 142 Å². The number of rotatable bonds is 23. The minimum absolute atomic E-state index is 0.696. The summed E-state index contributed by atoms with van der Waals surface area (Å²) in [4.78, 5) is 0. The summed E-state index contributed by atoms with van der Waals surface area (Å²) in [6.07, 6.45) is 27.3. The van der Waals surface area contributed by atoms with Gasteiger partial charge in [-0.15, -0.1) is 0 Å². The lowest BCUT2D eigenvalue weighted by molar-refractivity contribution is 0.304. The molecule has 0 aliphatic rings. The molecule has 0 saturated heterocycles. The van der Waals surface area contributed by atoms with Crippen LogP contribution < -0.4 is 0 Å². The number of hydrogen-bond acceptors (Lipinski definition) is 2. The van der Waals surface area contributed by atoms with Crippen molar-refractivity contribution in [3.63, 3.8) is 0 Å². The highest BCUT2D eigenvalue weighted by Crippen LogP contribution is 2.43. The van der Waals surface area contributed by atoms with Crippen LogP contribution in [0, 0.1) is 0 Å². The highest BCUT2D eigenvalue weighted by Gasteiger charge is 2.14. The second kappa shape index (κ2) is 21.9. The first-order valence-corrected chi connectivity index (χ1v) is 15.1. The van der Waals surface area contributed by atoms with Crippen molar-refractivity contribution in [1.29, 1.82) is 0 Å². The zero-order valence-electron chi connectivity index (χ0n) is 19.8. The molecule has 0 fully saturated rings. The Balaban J connectivity index is 3.32. The Morgan fingerprint density at radius 2 is 0.821 bits per heavy atom. The van der Waals surface area contributed by atoms with Crippen LogP contribution in [0.15, 0.2) is 0 Å². The minimum atomic E-state index is -2.34. The van der Waals surface area contributed by atoms with Gasteiger partial charge in [0.1, 0.15) is 0 Å². The fourth-order valence-corrected chi connectivity index (χ4v) is 5.24. The molecule has 0 N–H and O–H groups in total. The Bertz CT molecular complexity index is 343. The average molecular weight is 417 g/mol. The minimum Gasteiger partial charge on any atom is -0.329 e. The van der Waals surface area contributed by atoms with Crippen molar-refractivity contribution in [2.24, 2.45) is 0 Å². The lowest BCUT2D eigenvalue weighted by atomic mass is 10.1. The van der Waals surface area contributed by atoms with Gasteiger partial charge in [-0.3, -0.25) is 4.57 Å². The van der Waals surface area contributed by atoms with Crippen molar-refractivity contribution in [2.75, 3.05) is 19.4 Å². The topological polar surface area (TPSA) is 26.3 Å². The molecule has 0 saturated carbocycles. The Hall–Kier alpha value is 0.190. The molecule has 2 nitrogen and oxygen atoms in total. The van der Waals surface area contributed by atoms with Crippen molar-refractivity contribution >= 4 is 7.37 Å². The Kier molecular flexibility index (Phi) is 22.0. The van der Waals surface area contributed by atoms with Crippen molar-refractivity contribution in [1.82, 2.24) is 0 Å². The third-order valence-electron chi connectivity index (χ3n) is 5.78. The predicted molar refractivity (Wildman–Crippen MR) is 128 cm³/mol. The van der Waals surface area contributed by atoms with E-state index in [0.29, 0.717) is 6.61 Å². The van der Waals surface area contributed by atoms with Crippen LogP contribution >= 0.6 is 7.37 Å². The monoisotopic (exact) mass is 416 g/mol. The third kappa shape index (κ3) is 22.5. The molecule has 1 unspecified atom stereocenters. The van der Waals surface area contributed by atoms with Crippen molar-refractivity contribution in [3.05, 3.63) is 0 Å². The van der Waals surface area contributed by atoms with Crippen LogP contribution in [0.4, 0.5) is 0 Å². The Morgan fingerprint density at radius 1 is 0.500 bits per heavy atom. The van der Waals surface area contributed by atoms with E-state index in [1.54, 1.807) is 0 Å². The number of unbranched alkanes of at least 4 members (excludes halogenated alkanes) is 18. The van der Waals surface area contributed by atoms with Gasteiger partial charge in [0.2, 0.25) is 0 Å². The number of hydrogen-bond donors (Lipinski definition) is 0. The molecule has 3 heteroatoms. The fourth-order valence-electron chi connectivity index (χ4n) is 3.80. The van der Waals surface area contributed by atoms with Crippen LogP contribution in [0.25, 0.3) is 0 Å². The maximum atomic E-state index is 12.5. The van der Waals surface area contributed by atoms with Crippen LogP contribution in [-0.4, -0.2) is 19.4 Å². The largest absolute Gasteiger partial charge is 0.329 e. The van der Waals surface area contributed by atoms with E-state index in [1.807, 2.05) is 6.66 Å². The second-order valence-corrected chi connectivity index (χ2v) is 11.7. The third-order valence-corrected chi connectivity index (χ3v) is 7.64. The molecule has 28 heavy (non-hydrogen) atoms. The van der Waals surface area contributed by atoms with Gasteiger partial charge in [-0.05, 0) is 12.8 Å². The maximum absolute atomic E-state index is 12.5. The van der Waals surface area contributed by atoms with Gasteiger partial charge in [-0.25, -0.2) is 0 Å². The molecular formula is C25H53O2P. The first-order chi connectivity index (χ1) is 13.6. The molecule has 0 amide bonds. The zero-order chi connectivity index (χ0) is 20.8. The molecule has 0 heterocycles. The van der Waals surface area contributed by atoms with Gasteiger partial charge >= 0.3 is 0 Å². The Morgan fingerprint density at radius 3 is 1.21 bits per heavy atom. The average Bonchev–Trinajstić information content (AvgIpc) is 2.67. The molecule has 170 valence electrons. The van der Waals surface area contributed by atoms with E-state index in [9.17, 15) is 4.57 Å². The molecule has 0 aromatic heterocycles. The first kappa shape index (κ1) is 28.2. The van der Waals surface area contributed by atoms with Crippen molar-refractivity contribution in [3.8, 4) is 0 Å². The predicted octanol–water partition coefficient (Wildman–Crippen LogP) is 9.75. The maximum Gasteiger partial charge on any atom is 0.200 e. The van der Waals surface area contributed by atoms with Gasteiger partial charge in [0.15, 0.2) is 7.37 Å². The molecule has 0 aliphatic carbocycles. The molecule has 0 rings (SSSR count). The van der Waals surface area contributed by atoms with E-state index < -0.39 is 7.37 Å². The van der Waals surface area contributed by atoms with Gasteiger partial charge in [-0.1, -0.05) is 129 Å². The van der Waals surface area contributed by atoms with E-state index in [0.717, 1.165) is 19.0 Å². The molecule has 0 aliphatic heterocycles. The standard InChI is InChI=1S/C25H53O2P/c1-4-6-8-10-12-14-16-18-20-22-24-27-28(3,26)25-23-21-19-17-15-13-11-9-7-5-2/h4-25H2,1-3H3. The van der Waals surface area contributed by atoms with E-state index in [1.165, 1.54) is 116 Å². The van der Waals surface area contributed by atoms with Crippen LogP contribution in [-0.2, 0) is 9.09 Å². The van der Waals surface area contributed by atoms with Crippen LogP contribution in [0.3, 0.4) is 0 Å². The lowest BCUT2D eigenvalue weighted by Gasteiger charge is -2.13. The summed E-state index contributed by atoms with van der Waals surface area (Å²) in [7, 11) is -2.34. The highest BCUT2D eigenvalue weighted by molar-refractivity contribution is 7.58. The molecule has 0 bridgehead atoms. The highest BCUT2D eigenvalue weighted by atomic mass is 31.2. The molecule has 0 aromatic rings. The van der Waals surface area contributed by atoms with Gasteiger partial charge < -0.3 is 4.52 Å². The lowest BCUT2D eigenvalue weighted by Crippen LogP contribution is -1.97. The van der Waals surface area contributed by atoms with Crippen molar-refractivity contribution < 1.29 is 9.09 Å². The van der Waals surface area contributed by atoms with E-state index in [4.69, 9.17) is 4.52 Å². The fraction of sp³-hybridized carbons (Fsp3) is 1.00. The first-order valence-electron chi connectivity index (χ1n) is 12.8. The normalized spacial score (nSPS) is 13.7. The SMILES string of the molecule is CCCCCCCCCCCCOP(C)(=O)CCCCCCCCCCCC. The molecular weight excluding hydrogens is 363 g/mol. The summed E-state index contributed by atoms with van der Waals surface area (Å²) in [5.74, 6) is 0. The van der Waals surface area contributed by atoms with Crippen LogP contribution in [0.5, 0.6) is 0 Å². The molecule has 0 aromatic carbocycles. The van der Waals surface area contributed by atoms with E-state index >= 15 is 0 Å². The molecule has 0 radical (unpaired) electrons. The van der Waals surface area contributed by atoms with Gasteiger partial charge in [0.25, 0.3) is 0 Å². The Labute approximate surface area is 178 Å². The smallest absolute Gasteiger partial charge is 0.200 e. The zero-order valence-corrected chi connectivity index (χ0v) is 20.7. The van der Waals surface area contributed by atoms with Crippen LogP contribution in [0.2, 0.25) is 0 Å². The van der Waals surface area contributed by atoms with Gasteiger partial charge in [0.05, 0.1) is 6.61 Å². The van der Waals surface area contributed by atoms with E-state index in [-0.39, 0.29) is 0 Å². The summed E-state index contributed by atoms with van der Waals surface area (Å²) in [6.45, 7) is 7.08. The van der Waals surface area contributed by atoms with Crippen molar-refractivity contribution in [2.45, 2.75) is 142 Å². The molecule has 1 atom stereocenters.